The fraction of sp³-hybridized carbons (Fsp3) is 0.538. The Kier molecular flexibility index (Phi) is 3.73. The predicted octanol–water partition coefficient (Wildman–Crippen LogP) is 2.78. The highest BCUT2D eigenvalue weighted by Crippen LogP contribution is 2.30. The molecule has 3 nitrogen and oxygen atoms in total. The van der Waals surface area contributed by atoms with Gasteiger partial charge < -0.3 is 0 Å². The largest absolute Gasteiger partial charge is 0.246 e. The van der Waals surface area contributed by atoms with E-state index < -0.39 is 15.8 Å². The molecular formula is C13H18FNO2S. The second-order valence-corrected chi connectivity index (χ2v) is 6.71. The van der Waals surface area contributed by atoms with Gasteiger partial charge in [-0.25, -0.2) is 12.8 Å². The molecule has 1 aliphatic rings. The van der Waals surface area contributed by atoms with E-state index in [0.717, 1.165) is 19.3 Å². The average molecular weight is 271 g/mol. The van der Waals surface area contributed by atoms with E-state index >= 15 is 0 Å². The first-order valence-electron chi connectivity index (χ1n) is 6.22. The third-order valence-corrected chi connectivity index (χ3v) is 5.67. The van der Waals surface area contributed by atoms with Crippen molar-refractivity contribution in [2.75, 3.05) is 0 Å². The Morgan fingerprint density at radius 3 is 2.28 bits per heavy atom. The lowest BCUT2D eigenvalue weighted by Gasteiger charge is -2.37. The van der Waals surface area contributed by atoms with Crippen LogP contribution in [0, 0.1) is 5.82 Å². The monoisotopic (exact) mass is 271 g/mol. The molecule has 1 aromatic carbocycles. The summed E-state index contributed by atoms with van der Waals surface area (Å²) in [7, 11) is -3.73. The van der Waals surface area contributed by atoms with Crippen LogP contribution in [-0.4, -0.2) is 24.8 Å². The van der Waals surface area contributed by atoms with Crippen LogP contribution in [0.5, 0.6) is 0 Å². The first kappa shape index (κ1) is 13.5. The molecule has 5 heteroatoms. The Hall–Kier alpha value is -0.940. The van der Waals surface area contributed by atoms with Crippen LogP contribution in [0.3, 0.4) is 0 Å². The van der Waals surface area contributed by atoms with E-state index in [4.69, 9.17) is 0 Å². The smallest absolute Gasteiger partial charge is 0.207 e. The van der Waals surface area contributed by atoms with E-state index in [2.05, 4.69) is 0 Å². The van der Waals surface area contributed by atoms with Crippen LogP contribution in [-0.2, 0) is 10.0 Å². The standard InChI is InChI=1S/C13H18FNO2S/c1-10-6-5-7-11(2)15(10)18(16,17)13-9-4-3-8-12(13)14/h3-4,8-11H,5-7H2,1-2H3/t10-,11+. The summed E-state index contributed by atoms with van der Waals surface area (Å²) in [6.07, 6.45) is 2.68. The van der Waals surface area contributed by atoms with E-state index in [1.165, 1.54) is 22.5 Å². The summed E-state index contributed by atoms with van der Waals surface area (Å²) in [6.45, 7) is 3.77. The van der Waals surface area contributed by atoms with Crippen molar-refractivity contribution in [3.05, 3.63) is 30.1 Å². The number of benzene rings is 1. The van der Waals surface area contributed by atoms with Crippen LogP contribution >= 0.6 is 0 Å². The quantitative estimate of drug-likeness (QED) is 0.829. The third kappa shape index (κ3) is 2.29. The summed E-state index contributed by atoms with van der Waals surface area (Å²) in [5, 5.41) is 0. The zero-order valence-corrected chi connectivity index (χ0v) is 11.5. The molecule has 0 amide bonds. The molecule has 0 radical (unpaired) electrons. The minimum atomic E-state index is -3.73. The second-order valence-electron chi connectivity index (χ2n) is 4.89. The van der Waals surface area contributed by atoms with Crippen molar-refractivity contribution in [2.24, 2.45) is 0 Å². The van der Waals surface area contributed by atoms with Crippen molar-refractivity contribution < 1.29 is 12.8 Å². The van der Waals surface area contributed by atoms with Crippen molar-refractivity contribution in [1.29, 1.82) is 0 Å². The average Bonchev–Trinajstić information content (AvgIpc) is 2.28. The summed E-state index contributed by atoms with van der Waals surface area (Å²) in [6, 6.07) is 5.43. The van der Waals surface area contributed by atoms with E-state index in [9.17, 15) is 12.8 Å². The lowest BCUT2D eigenvalue weighted by molar-refractivity contribution is 0.203. The summed E-state index contributed by atoms with van der Waals surface area (Å²) in [4.78, 5) is -0.217. The molecule has 0 aliphatic carbocycles. The van der Waals surface area contributed by atoms with Gasteiger partial charge in [0.15, 0.2) is 0 Å². The molecular weight excluding hydrogens is 253 g/mol. The lowest BCUT2D eigenvalue weighted by Crippen LogP contribution is -2.47. The van der Waals surface area contributed by atoms with Gasteiger partial charge >= 0.3 is 0 Å². The number of hydrogen-bond donors (Lipinski definition) is 0. The SMILES string of the molecule is C[C@@H]1CCC[C@H](C)N1S(=O)(=O)c1ccccc1F. The maximum Gasteiger partial charge on any atom is 0.246 e. The first-order chi connectivity index (χ1) is 8.44. The normalized spacial score (nSPS) is 26.2. The Morgan fingerprint density at radius 1 is 1.17 bits per heavy atom. The molecule has 0 bridgehead atoms. The molecule has 2 rings (SSSR count). The molecule has 100 valence electrons. The van der Waals surface area contributed by atoms with Gasteiger partial charge in [0.05, 0.1) is 0 Å². The topological polar surface area (TPSA) is 37.4 Å². The Bertz CT molecular complexity index is 520. The molecule has 0 unspecified atom stereocenters. The molecule has 1 aliphatic heterocycles. The highest BCUT2D eigenvalue weighted by molar-refractivity contribution is 7.89. The fourth-order valence-corrected chi connectivity index (χ4v) is 4.59. The predicted molar refractivity (Wildman–Crippen MR) is 68.2 cm³/mol. The summed E-state index contributed by atoms with van der Waals surface area (Å²) in [5.41, 5.74) is 0. The summed E-state index contributed by atoms with van der Waals surface area (Å²) < 4.78 is 40.2. The highest BCUT2D eigenvalue weighted by Gasteiger charge is 2.36. The van der Waals surface area contributed by atoms with Crippen molar-refractivity contribution in [3.63, 3.8) is 0 Å². The van der Waals surface area contributed by atoms with Crippen LogP contribution in [0.15, 0.2) is 29.2 Å². The first-order valence-corrected chi connectivity index (χ1v) is 7.66. The molecule has 18 heavy (non-hydrogen) atoms. The van der Waals surface area contributed by atoms with Crippen LogP contribution in [0.1, 0.15) is 33.1 Å². The maximum absolute atomic E-state index is 13.7. The van der Waals surface area contributed by atoms with E-state index in [1.54, 1.807) is 6.07 Å². The van der Waals surface area contributed by atoms with Gasteiger partial charge in [-0.1, -0.05) is 18.6 Å². The Morgan fingerprint density at radius 2 is 1.72 bits per heavy atom. The molecule has 2 atom stereocenters. The minimum absolute atomic E-state index is 0.0710. The van der Waals surface area contributed by atoms with E-state index in [0.29, 0.717) is 0 Å². The number of piperidine rings is 1. The lowest BCUT2D eigenvalue weighted by atomic mass is 10.0. The third-order valence-electron chi connectivity index (χ3n) is 3.50. The maximum atomic E-state index is 13.7. The van der Waals surface area contributed by atoms with Crippen molar-refractivity contribution in [3.8, 4) is 0 Å². The number of halogens is 1. The second kappa shape index (κ2) is 4.97. The molecule has 0 spiro atoms. The molecule has 1 heterocycles. The minimum Gasteiger partial charge on any atom is -0.207 e. The highest BCUT2D eigenvalue weighted by atomic mass is 32.2. The molecule has 1 fully saturated rings. The van der Waals surface area contributed by atoms with Gasteiger partial charge in [-0.05, 0) is 38.8 Å². The van der Waals surface area contributed by atoms with Gasteiger partial charge in [0.2, 0.25) is 10.0 Å². The van der Waals surface area contributed by atoms with Crippen molar-refractivity contribution in [1.82, 2.24) is 4.31 Å². The van der Waals surface area contributed by atoms with Crippen LogP contribution in [0.4, 0.5) is 4.39 Å². The van der Waals surface area contributed by atoms with Crippen LogP contribution in [0.25, 0.3) is 0 Å². The number of rotatable bonds is 2. The van der Waals surface area contributed by atoms with E-state index in [1.807, 2.05) is 13.8 Å². The van der Waals surface area contributed by atoms with Gasteiger partial charge in [0.1, 0.15) is 10.7 Å². The Labute approximate surface area is 108 Å². The fourth-order valence-electron chi connectivity index (χ4n) is 2.64. The number of nitrogens with zero attached hydrogens (tertiary/aromatic N) is 1. The van der Waals surface area contributed by atoms with Crippen molar-refractivity contribution in [2.45, 2.75) is 50.1 Å². The van der Waals surface area contributed by atoms with Gasteiger partial charge in [0.25, 0.3) is 0 Å². The van der Waals surface area contributed by atoms with Gasteiger partial charge in [-0.15, -0.1) is 0 Å². The van der Waals surface area contributed by atoms with Crippen LogP contribution < -0.4 is 0 Å². The van der Waals surface area contributed by atoms with Gasteiger partial charge in [-0.2, -0.15) is 4.31 Å². The number of sulfonamides is 1. The Balaban J connectivity index is 2.45. The molecule has 1 aromatic rings. The summed E-state index contributed by atoms with van der Waals surface area (Å²) in [5.74, 6) is -0.678. The summed E-state index contributed by atoms with van der Waals surface area (Å²) >= 11 is 0. The molecule has 0 N–H and O–H groups in total. The molecule has 0 aromatic heterocycles. The zero-order valence-electron chi connectivity index (χ0n) is 10.6. The van der Waals surface area contributed by atoms with Gasteiger partial charge in [-0.3, -0.25) is 0 Å². The van der Waals surface area contributed by atoms with Crippen molar-refractivity contribution >= 4 is 10.0 Å². The zero-order chi connectivity index (χ0) is 13.3. The number of hydrogen-bond acceptors (Lipinski definition) is 2. The van der Waals surface area contributed by atoms with Gasteiger partial charge in [0, 0.05) is 12.1 Å². The van der Waals surface area contributed by atoms with Crippen LogP contribution in [0.2, 0.25) is 0 Å². The molecule has 1 saturated heterocycles. The van der Waals surface area contributed by atoms with E-state index in [-0.39, 0.29) is 17.0 Å². The molecule has 0 saturated carbocycles.